The molecule has 1 N–H and O–H groups in total. The second-order valence-corrected chi connectivity index (χ2v) is 12.9. The highest BCUT2D eigenvalue weighted by atomic mass is 32.2. The van der Waals surface area contributed by atoms with Crippen LogP contribution in [0.1, 0.15) is 76.3 Å². The Balaban J connectivity index is 1.66. The molecule has 0 fully saturated rings. The second-order valence-electron chi connectivity index (χ2n) is 10.3. The molecule has 1 aromatic carbocycles. The van der Waals surface area contributed by atoms with Crippen LogP contribution in [0.2, 0.25) is 0 Å². The van der Waals surface area contributed by atoms with Crippen LogP contribution >= 0.6 is 0 Å². The molecule has 0 radical (unpaired) electrons. The van der Waals surface area contributed by atoms with Crippen LogP contribution in [0.5, 0.6) is 0 Å². The number of anilines is 1. The predicted octanol–water partition coefficient (Wildman–Crippen LogP) is 6.01. The molecule has 0 aromatic heterocycles. The van der Waals surface area contributed by atoms with E-state index in [1.54, 1.807) is 19.9 Å². The third-order valence-electron chi connectivity index (χ3n) is 7.40. The second kappa shape index (κ2) is 12.4. The van der Waals surface area contributed by atoms with Crippen molar-refractivity contribution in [3.8, 4) is 6.07 Å². The maximum atomic E-state index is 12.3. The zero-order valence-electron chi connectivity index (χ0n) is 21.7. The van der Waals surface area contributed by atoms with E-state index in [1.807, 2.05) is 36.4 Å². The topological polar surface area (TPSA) is 96.3 Å². The molecule has 194 valence electrons. The number of carbonyl (C=O) groups excluding carboxylic acids is 1. The Labute approximate surface area is 216 Å². The van der Waals surface area contributed by atoms with E-state index in [0.29, 0.717) is 30.9 Å². The Morgan fingerprint density at radius 1 is 1.14 bits per heavy atom. The van der Waals surface area contributed by atoms with E-state index in [1.165, 1.54) is 6.26 Å². The lowest BCUT2D eigenvalue weighted by Crippen LogP contribution is -2.33. The molecular formula is C29H38N2O4S. The predicted molar refractivity (Wildman–Crippen MR) is 144 cm³/mol. The largest absolute Gasteiger partial charge is 0.494 e. The number of nitriles is 1. The number of allylic oxidation sites excluding steroid dienone is 4. The smallest absolute Gasteiger partial charge is 0.224 e. The van der Waals surface area contributed by atoms with Crippen molar-refractivity contribution in [3.63, 3.8) is 0 Å². The first-order valence-electron chi connectivity index (χ1n) is 12.8. The van der Waals surface area contributed by atoms with Crippen LogP contribution in [-0.4, -0.2) is 31.9 Å². The number of fused-ring (bicyclic) bond motifs is 1. The van der Waals surface area contributed by atoms with Crippen LogP contribution in [0, 0.1) is 17.2 Å². The zero-order chi connectivity index (χ0) is 26.2. The number of hydrogen-bond acceptors (Lipinski definition) is 5. The molecule has 7 heteroatoms. The van der Waals surface area contributed by atoms with E-state index in [0.717, 1.165) is 67.5 Å². The lowest BCUT2D eigenvalue weighted by molar-refractivity contribution is -0.116. The molecule has 2 aliphatic rings. The lowest BCUT2D eigenvalue weighted by Gasteiger charge is -2.26. The maximum Gasteiger partial charge on any atom is 0.224 e. The van der Waals surface area contributed by atoms with E-state index in [2.05, 4.69) is 11.4 Å². The maximum absolute atomic E-state index is 12.3. The molecule has 1 atom stereocenters. The molecule has 0 saturated carbocycles. The first-order chi connectivity index (χ1) is 17.1. The fraction of sp³-hybridized carbons (Fsp3) is 0.517. The van der Waals surface area contributed by atoms with Gasteiger partial charge in [-0.1, -0.05) is 25.0 Å². The Hall–Kier alpha value is -2.85. The first-order valence-corrected chi connectivity index (χ1v) is 14.7. The molecule has 1 aliphatic heterocycles. The van der Waals surface area contributed by atoms with Gasteiger partial charge in [0.15, 0.2) is 9.84 Å². The molecular weight excluding hydrogens is 472 g/mol. The van der Waals surface area contributed by atoms with Gasteiger partial charge in [-0.2, -0.15) is 5.26 Å². The molecule has 0 spiro atoms. The molecule has 6 nitrogen and oxygen atoms in total. The van der Waals surface area contributed by atoms with E-state index in [4.69, 9.17) is 4.74 Å². The van der Waals surface area contributed by atoms with E-state index in [9.17, 15) is 18.5 Å². The SMILES string of the molecule is CC(C)(/C1=C/C=C(OCCC2CCCCC(=O)Nc3ccc(C#N)cc3CC2)\C=C/CC1)S(C)(=O)=O. The summed E-state index contributed by atoms with van der Waals surface area (Å²) < 4.78 is 29.8. The number of nitrogens with zero attached hydrogens (tertiary/aromatic N) is 1. The normalized spacial score (nSPS) is 23.6. The number of amides is 1. The average Bonchev–Trinajstić information content (AvgIpc) is 2.83. The first kappa shape index (κ1) is 27.7. The Bertz CT molecular complexity index is 1190. The van der Waals surface area contributed by atoms with E-state index < -0.39 is 14.6 Å². The summed E-state index contributed by atoms with van der Waals surface area (Å²) in [4.78, 5) is 12.3. The van der Waals surface area contributed by atoms with Gasteiger partial charge in [0.1, 0.15) is 5.76 Å². The standard InChI is InChI=1S/C29H38N2O4S/c1-29(2,36(3,33)34)25-9-5-6-10-26(16-15-25)35-19-18-22-8-4-7-11-28(32)31-27-17-13-23(21-30)20-24(27)14-12-22/h6,10,13,15-17,20,22H,4-5,7-9,11-12,14,18-19H2,1-3H3,(H,31,32)/b10-6-,25-15+,26-16+. The van der Waals surface area contributed by atoms with Gasteiger partial charge in [0.05, 0.1) is 23.0 Å². The van der Waals surface area contributed by atoms with Gasteiger partial charge in [0.2, 0.25) is 5.91 Å². The van der Waals surface area contributed by atoms with E-state index >= 15 is 0 Å². The number of rotatable bonds is 6. The summed E-state index contributed by atoms with van der Waals surface area (Å²) in [6, 6.07) is 7.66. The number of ether oxygens (including phenoxy) is 1. The summed E-state index contributed by atoms with van der Waals surface area (Å²) in [5.74, 6) is 1.22. The Morgan fingerprint density at radius 3 is 2.69 bits per heavy atom. The van der Waals surface area contributed by atoms with E-state index in [-0.39, 0.29) is 5.91 Å². The highest BCUT2D eigenvalue weighted by Gasteiger charge is 2.33. The monoisotopic (exact) mass is 510 g/mol. The van der Waals surface area contributed by atoms with Crippen LogP contribution in [0.15, 0.2) is 53.8 Å². The van der Waals surface area contributed by atoms with Gasteiger partial charge >= 0.3 is 0 Å². The number of nitrogens with one attached hydrogen (secondary N) is 1. The minimum atomic E-state index is -3.23. The van der Waals surface area contributed by atoms with Crippen molar-refractivity contribution in [1.29, 1.82) is 5.26 Å². The Morgan fingerprint density at radius 2 is 1.94 bits per heavy atom. The Kier molecular flexibility index (Phi) is 9.56. The van der Waals surface area contributed by atoms with Crippen LogP contribution < -0.4 is 5.32 Å². The third-order valence-corrected chi connectivity index (χ3v) is 9.52. The molecule has 0 bridgehead atoms. The molecule has 3 rings (SSSR count). The van der Waals surface area contributed by atoms with Gasteiger partial charge in [0.25, 0.3) is 0 Å². The van der Waals surface area contributed by atoms with Gasteiger partial charge in [0, 0.05) is 18.4 Å². The van der Waals surface area contributed by atoms with Crippen molar-refractivity contribution in [2.24, 2.45) is 5.92 Å². The summed E-state index contributed by atoms with van der Waals surface area (Å²) in [7, 11) is -3.23. The molecule has 1 amide bonds. The van der Waals surface area contributed by atoms with Gasteiger partial charge < -0.3 is 10.1 Å². The summed E-state index contributed by atoms with van der Waals surface area (Å²) in [5.41, 5.74) is 3.30. The average molecular weight is 511 g/mol. The van der Waals surface area contributed by atoms with Crippen molar-refractivity contribution < 1.29 is 17.9 Å². The minimum Gasteiger partial charge on any atom is -0.494 e. The molecule has 1 aromatic rings. The molecule has 1 aliphatic carbocycles. The van der Waals surface area contributed by atoms with Gasteiger partial charge in [-0.15, -0.1) is 0 Å². The number of benzene rings is 1. The summed E-state index contributed by atoms with van der Waals surface area (Å²) in [5, 5.41) is 12.3. The van der Waals surface area contributed by atoms with Crippen LogP contribution in [0.25, 0.3) is 0 Å². The highest BCUT2D eigenvalue weighted by molar-refractivity contribution is 7.92. The molecule has 36 heavy (non-hydrogen) atoms. The fourth-order valence-corrected chi connectivity index (χ4v) is 5.30. The molecule has 0 saturated heterocycles. The van der Waals surface area contributed by atoms with Crippen molar-refractivity contribution in [2.45, 2.75) is 76.4 Å². The van der Waals surface area contributed by atoms with Crippen molar-refractivity contribution in [1.82, 2.24) is 0 Å². The molecule has 1 heterocycles. The van der Waals surface area contributed by atoms with Crippen LogP contribution in [0.4, 0.5) is 5.69 Å². The minimum absolute atomic E-state index is 0.0252. The van der Waals surface area contributed by atoms with Crippen LogP contribution in [-0.2, 0) is 25.8 Å². The fourth-order valence-electron chi connectivity index (χ4n) is 4.66. The number of sulfone groups is 1. The van der Waals surface area contributed by atoms with Crippen LogP contribution in [0.3, 0.4) is 0 Å². The quantitative estimate of drug-likeness (QED) is 0.506. The zero-order valence-corrected chi connectivity index (χ0v) is 22.5. The third kappa shape index (κ3) is 7.57. The van der Waals surface area contributed by atoms with Crippen molar-refractivity contribution in [2.75, 3.05) is 18.2 Å². The van der Waals surface area contributed by atoms with Gasteiger partial charge in [-0.25, -0.2) is 8.42 Å². The number of carbonyl (C=O) groups is 1. The van der Waals surface area contributed by atoms with Crippen molar-refractivity contribution in [3.05, 3.63) is 65.0 Å². The molecule has 1 unspecified atom stereocenters. The highest BCUT2D eigenvalue weighted by Crippen LogP contribution is 2.31. The summed E-state index contributed by atoms with van der Waals surface area (Å²) >= 11 is 0. The number of aryl methyl sites for hydroxylation is 1. The summed E-state index contributed by atoms with van der Waals surface area (Å²) in [6.45, 7) is 4.09. The number of hydrogen-bond donors (Lipinski definition) is 1. The summed E-state index contributed by atoms with van der Waals surface area (Å²) in [6.07, 6.45) is 16.6. The van der Waals surface area contributed by atoms with Gasteiger partial charge in [-0.05, 0) is 99.8 Å². The lowest BCUT2D eigenvalue weighted by atomic mass is 9.91. The van der Waals surface area contributed by atoms with Gasteiger partial charge in [-0.3, -0.25) is 4.79 Å². The van der Waals surface area contributed by atoms with Crippen molar-refractivity contribution >= 4 is 21.4 Å².